The van der Waals surface area contributed by atoms with Crippen molar-refractivity contribution >= 4 is 33.9 Å². The second-order valence-electron chi connectivity index (χ2n) is 4.09. The number of pyridine rings is 1. The van der Waals surface area contributed by atoms with Gasteiger partial charge in [0.15, 0.2) is 5.75 Å². The Morgan fingerprint density at radius 3 is 2.33 bits per heavy atom. The summed E-state index contributed by atoms with van der Waals surface area (Å²) in [5, 5.41) is 21.7. The van der Waals surface area contributed by atoms with E-state index in [1.807, 2.05) is 0 Å². The molecule has 1 heterocycles. The van der Waals surface area contributed by atoms with Gasteiger partial charge in [0.2, 0.25) is 0 Å². The highest BCUT2D eigenvalue weighted by molar-refractivity contribution is 6.33. The van der Waals surface area contributed by atoms with Gasteiger partial charge in [0.05, 0.1) is 28.4 Å². The molecule has 0 saturated heterocycles. The molecule has 0 saturated carbocycles. The molecule has 0 aliphatic rings. The highest BCUT2D eigenvalue weighted by Crippen LogP contribution is 2.37. The van der Waals surface area contributed by atoms with Crippen LogP contribution >= 0.6 is 11.6 Å². The minimum Gasteiger partial charge on any atom is -0.494 e. The Morgan fingerprint density at radius 2 is 1.86 bits per heavy atom. The standard InChI is InChI=1S/C11H8ClN3O6/c1-13-9-6(10(21-2)8(12)11(13)16)3-5(14(17)18)4-7(9)15(19)20/h3-4H,1-2H3. The number of halogens is 1. The van der Waals surface area contributed by atoms with Crippen LogP contribution < -0.4 is 10.3 Å². The molecule has 2 aromatic rings. The number of nitro groups is 2. The summed E-state index contributed by atoms with van der Waals surface area (Å²) in [4.78, 5) is 32.4. The summed E-state index contributed by atoms with van der Waals surface area (Å²) in [5.74, 6) is -0.137. The Labute approximate surface area is 121 Å². The van der Waals surface area contributed by atoms with Crippen molar-refractivity contribution in [3.63, 3.8) is 0 Å². The molecule has 21 heavy (non-hydrogen) atoms. The van der Waals surface area contributed by atoms with Crippen LogP contribution in [-0.4, -0.2) is 21.5 Å². The Bertz CT molecular complexity index is 844. The topological polar surface area (TPSA) is 118 Å². The summed E-state index contributed by atoms with van der Waals surface area (Å²) in [6.07, 6.45) is 0. The number of hydrogen-bond acceptors (Lipinski definition) is 6. The van der Waals surface area contributed by atoms with Crippen molar-refractivity contribution < 1.29 is 14.6 Å². The van der Waals surface area contributed by atoms with Crippen LogP contribution in [0.15, 0.2) is 16.9 Å². The van der Waals surface area contributed by atoms with E-state index in [1.54, 1.807) is 0 Å². The average Bonchev–Trinajstić information content (AvgIpc) is 2.44. The summed E-state index contributed by atoms with van der Waals surface area (Å²) in [5.41, 5.74) is -1.87. The molecule has 0 bridgehead atoms. The van der Waals surface area contributed by atoms with Gasteiger partial charge in [-0.25, -0.2) is 0 Å². The summed E-state index contributed by atoms with van der Waals surface area (Å²) in [6.45, 7) is 0. The first-order chi connectivity index (χ1) is 9.79. The van der Waals surface area contributed by atoms with Gasteiger partial charge >= 0.3 is 5.69 Å². The van der Waals surface area contributed by atoms with Crippen molar-refractivity contribution in [2.24, 2.45) is 7.05 Å². The summed E-state index contributed by atoms with van der Waals surface area (Å²) < 4.78 is 5.93. The molecule has 0 amide bonds. The largest absolute Gasteiger partial charge is 0.494 e. The molecule has 9 nitrogen and oxygen atoms in total. The predicted molar refractivity (Wildman–Crippen MR) is 74.1 cm³/mol. The van der Waals surface area contributed by atoms with Crippen LogP contribution in [0.1, 0.15) is 0 Å². The molecular formula is C11H8ClN3O6. The van der Waals surface area contributed by atoms with Crippen molar-refractivity contribution in [1.82, 2.24) is 4.57 Å². The average molecular weight is 314 g/mol. The third-order valence-electron chi connectivity index (χ3n) is 2.96. The Balaban J connectivity index is 3.15. The maximum atomic E-state index is 12.0. The Morgan fingerprint density at radius 1 is 1.24 bits per heavy atom. The number of aromatic nitrogens is 1. The van der Waals surface area contributed by atoms with Crippen LogP contribution in [0.2, 0.25) is 5.02 Å². The van der Waals surface area contributed by atoms with E-state index in [9.17, 15) is 25.0 Å². The number of methoxy groups -OCH3 is 1. The first-order valence-corrected chi connectivity index (χ1v) is 5.86. The number of non-ortho nitro benzene ring substituents is 2. The molecule has 0 spiro atoms. The first-order valence-electron chi connectivity index (χ1n) is 5.48. The minimum absolute atomic E-state index is 0.0190. The van der Waals surface area contributed by atoms with Crippen LogP contribution in [0.5, 0.6) is 5.75 Å². The number of hydrogen-bond donors (Lipinski definition) is 0. The molecule has 0 aliphatic carbocycles. The van der Waals surface area contributed by atoms with Gasteiger partial charge in [0.25, 0.3) is 11.2 Å². The van der Waals surface area contributed by atoms with E-state index in [2.05, 4.69) is 0 Å². The fraction of sp³-hybridized carbons (Fsp3) is 0.182. The summed E-state index contributed by atoms with van der Waals surface area (Å²) in [7, 11) is 2.50. The normalized spacial score (nSPS) is 10.6. The smallest absolute Gasteiger partial charge is 0.300 e. The maximum absolute atomic E-state index is 12.0. The number of nitro benzene ring substituents is 2. The van der Waals surface area contributed by atoms with Crippen LogP contribution in [0.25, 0.3) is 10.9 Å². The Kier molecular flexibility index (Phi) is 3.52. The van der Waals surface area contributed by atoms with Crippen LogP contribution in [0.3, 0.4) is 0 Å². The quantitative estimate of drug-likeness (QED) is 0.632. The van der Waals surface area contributed by atoms with Gasteiger partial charge in [0.1, 0.15) is 10.5 Å². The zero-order valence-electron chi connectivity index (χ0n) is 10.8. The van der Waals surface area contributed by atoms with Crippen molar-refractivity contribution in [2.45, 2.75) is 0 Å². The molecule has 1 aromatic heterocycles. The lowest BCUT2D eigenvalue weighted by Crippen LogP contribution is -2.19. The number of nitrogens with zero attached hydrogens (tertiary/aromatic N) is 3. The number of benzene rings is 1. The summed E-state index contributed by atoms with van der Waals surface area (Å²) in [6, 6.07) is 1.86. The molecule has 10 heteroatoms. The lowest BCUT2D eigenvalue weighted by Gasteiger charge is -2.11. The third kappa shape index (κ3) is 2.17. The van der Waals surface area contributed by atoms with Crippen molar-refractivity contribution in [3.8, 4) is 5.75 Å². The number of ether oxygens (including phenoxy) is 1. The molecule has 0 fully saturated rings. The number of rotatable bonds is 3. The van der Waals surface area contributed by atoms with Gasteiger partial charge in [-0.2, -0.15) is 0 Å². The molecule has 0 unspecified atom stereocenters. The lowest BCUT2D eigenvalue weighted by atomic mass is 10.1. The van der Waals surface area contributed by atoms with Gasteiger partial charge in [-0.1, -0.05) is 11.6 Å². The first kappa shape index (κ1) is 14.7. The zero-order valence-corrected chi connectivity index (χ0v) is 11.6. The fourth-order valence-corrected chi connectivity index (χ4v) is 2.34. The lowest BCUT2D eigenvalue weighted by molar-refractivity contribution is -0.393. The van der Waals surface area contributed by atoms with Crippen molar-refractivity contribution in [3.05, 3.63) is 47.7 Å². The van der Waals surface area contributed by atoms with Gasteiger partial charge < -0.3 is 9.30 Å². The molecule has 110 valence electrons. The molecule has 0 aliphatic heterocycles. The highest BCUT2D eigenvalue weighted by atomic mass is 35.5. The fourth-order valence-electron chi connectivity index (χ4n) is 2.04. The predicted octanol–water partition coefficient (Wildman–Crippen LogP) is 2.02. The number of fused-ring (bicyclic) bond motifs is 1. The minimum atomic E-state index is -0.803. The Hall–Kier alpha value is -2.68. The van der Waals surface area contributed by atoms with Gasteiger partial charge in [-0.3, -0.25) is 25.0 Å². The second kappa shape index (κ2) is 5.02. The molecule has 2 rings (SSSR count). The molecule has 1 aromatic carbocycles. The monoisotopic (exact) mass is 313 g/mol. The van der Waals surface area contributed by atoms with Crippen molar-refractivity contribution in [2.75, 3.05) is 7.11 Å². The van der Waals surface area contributed by atoms with Gasteiger partial charge in [-0.05, 0) is 0 Å². The number of aryl methyl sites for hydroxylation is 1. The molecule has 0 atom stereocenters. The van der Waals surface area contributed by atoms with Crippen LogP contribution in [0, 0.1) is 20.2 Å². The SMILES string of the molecule is COc1c(Cl)c(=O)n(C)c2c([N+](=O)[O-])cc([N+](=O)[O-])cc12. The highest BCUT2D eigenvalue weighted by Gasteiger charge is 2.26. The zero-order chi connectivity index (χ0) is 15.9. The van der Waals surface area contributed by atoms with E-state index in [-0.39, 0.29) is 21.7 Å². The van der Waals surface area contributed by atoms with E-state index in [4.69, 9.17) is 16.3 Å². The van der Waals surface area contributed by atoms with E-state index < -0.39 is 26.8 Å². The van der Waals surface area contributed by atoms with E-state index >= 15 is 0 Å². The van der Waals surface area contributed by atoms with Gasteiger partial charge in [0, 0.05) is 13.1 Å². The van der Waals surface area contributed by atoms with E-state index in [0.717, 1.165) is 16.7 Å². The van der Waals surface area contributed by atoms with Gasteiger partial charge in [-0.15, -0.1) is 0 Å². The summed E-state index contributed by atoms with van der Waals surface area (Å²) >= 11 is 5.84. The third-order valence-corrected chi connectivity index (χ3v) is 3.29. The second-order valence-corrected chi connectivity index (χ2v) is 4.46. The van der Waals surface area contributed by atoms with Crippen LogP contribution in [-0.2, 0) is 7.05 Å². The maximum Gasteiger partial charge on any atom is 0.300 e. The van der Waals surface area contributed by atoms with E-state index in [1.165, 1.54) is 14.2 Å². The van der Waals surface area contributed by atoms with Crippen LogP contribution in [0.4, 0.5) is 11.4 Å². The molecular weight excluding hydrogens is 306 g/mol. The van der Waals surface area contributed by atoms with Crippen molar-refractivity contribution in [1.29, 1.82) is 0 Å². The van der Waals surface area contributed by atoms with E-state index in [0.29, 0.717) is 0 Å². The molecule has 0 radical (unpaired) electrons. The molecule has 0 N–H and O–H groups in total.